The molecule has 3 rings (SSSR count). The third kappa shape index (κ3) is 12.3. The Bertz CT molecular complexity index is 1190. The Morgan fingerprint density at radius 3 is 1.84 bits per heavy atom. The number of ether oxygens (including phenoxy) is 1. The maximum absolute atomic E-state index is 15.1. The molecule has 0 N–H and O–H groups in total. The van der Waals surface area contributed by atoms with E-state index >= 15 is 4.39 Å². The number of aryl methyl sites for hydroxylation is 1. The monoisotopic (exact) mass is 587 g/mol. The van der Waals surface area contributed by atoms with Gasteiger partial charge in [0.25, 0.3) is 0 Å². The van der Waals surface area contributed by atoms with Crippen LogP contribution in [0.4, 0.5) is 4.39 Å². The first-order valence-electron chi connectivity index (χ1n) is 17.0. The van der Waals surface area contributed by atoms with Crippen LogP contribution in [0.1, 0.15) is 129 Å². The van der Waals surface area contributed by atoms with Crippen LogP contribution < -0.4 is 4.74 Å². The van der Waals surface area contributed by atoms with Gasteiger partial charge in [0.1, 0.15) is 5.75 Å². The molecule has 43 heavy (non-hydrogen) atoms. The second kappa shape index (κ2) is 19.3. The van der Waals surface area contributed by atoms with Gasteiger partial charge in [0.15, 0.2) is 0 Å². The van der Waals surface area contributed by atoms with E-state index in [-0.39, 0.29) is 6.42 Å². The van der Waals surface area contributed by atoms with Crippen LogP contribution >= 0.6 is 0 Å². The first-order chi connectivity index (χ1) is 20.9. The fourth-order valence-electron chi connectivity index (χ4n) is 5.59. The standard InChI is InChI=1S/C39H54FNO2/c1-4-6-8-10-12-14-16-20-30-39(3,40)38(42)43-34-27-25-33(26-28-34)35-22-18-19-23-36(35)37-29-24-32(31-41-37)21-17-15-13-11-9-7-5-2/h18-19,22-29,31H,4-17,20-21,30H2,1-3H3. The van der Waals surface area contributed by atoms with Crippen molar-refractivity contribution in [3.63, 3.8) is 0 Å². The minimum Gasteiger partial charge on any atom is -0.424 e. The summed E-state index contributed by atoms with van der Waals surface area (Å²) in [6.07, 6.45) is 21.4. The summed E-state index contributed by atoms with van der Waals surface area (Å²) in [6, 6.07) is 19.8. The predicted molar refractivity (Wildman–Crippen MR) is 179 cm³/mol. The van der Waals surface area contributed by atoms with Crippen LogP contribution in [-0.2, 0) is 11.2 Å². The Hall–Kier alpha value is -3.01. The zero-order chi connectivity index (χ0) is 30.8. The minimum absolute atomic E-state index is 0.192. The minimum atomic E-state index is -1.99. The van der Waals surface area contributed by atoms with Crippen molar-refractivity contribution in [1.82, 2.24) is 4.98 Å². The van der Waals surface area contributed by atoms with Crippen molar-refractivity contribution in [2.75, 3.05) is 0 Å². The number of unbranched alkanes of at least 4 members (excludes halogenated alkanes) is 13. The maximum atomic E-state index is 15.1. The van der Waals surface area contributed by atoms with E-state index in [1.165, 1.54) is 89.5 Å². The molecule has 1 aromatic heterocycles. The summed E-state index contributed by atoms with van der Waals surface area (Å²) >= 11 is 0. The normalized spacial score (nSPS) is 12.7. The molecule has 0 bridgehead atoms. The Morgan fingerprint density at radius 2 is 1.26 bits per heavy atom. The predicted octanol–water partition coefficient (Wildman–Crippen LogP) is 11.9. The van der Waals surface area contributed by atoms with Gasteiger partial charge in [-0.2, -0.15) is 0 Å². The number of pyridine rings is 1. The molecular formula is C39H54FNO2. The van der Waals surface area contributed by atoms with Gasteiger partial charge in [0, 0.05) is 11.8 Å². The number of aromatic nitrogens is 1. The third-order valence-corrected chi connectivity index (χ3v) is 8.40. The van der Waals surface area contributed by atoms with Crippen LogP contribution in [0.3, 0.4) is 0 Å². The highest BCUT2D eigenvalue weighted by molar-refractivity contribution is 5.83. The molecule has 234 valence electrons. The van der Waals surface area contributed by atoms with Crippen molar-refractivity contribution < 1.29 is 13.9 Å². The summed E-state index contributed by atoms with van der Waals surface area (Å²) in [4.78, 5) is 17.4. The fourth-order valence-corrected chi connectivity index (χ4v) is 5.59. The number of esters is 1. The van der Waals surface area contributed by atoms with Crippen LogP contribution in [-0.4, -0.2) is 16.6 Å². The Kier molecular flexibility index (Phi) is 15.5. The molecule has 0 saturated heterocycles. The lowest BCUT2D eigenvalue weighted by atomic mass is 9.96. The highest BCUT2D eigenvalue weighted by Gasteiger charge is 2.34. The van der Waals surface area contributed by atoms with Gasteiger partial charge >= 0.3 is 5.97 Å². The van der Waals surface area contributed by atoms with E-state index in [0.717, 1.165) is 41.6 Å². The molecule has 3 aromatic rings. The van der Waals surface area contributed by atoms with E-state index in [1.54, 1.807) is 12.1 Å². The van der Waals surface area contributed by atoms with E-state index in [0.29, 0.717) is 12.2 Å². The number of alkyl halides is 1. The summed E-state index contributed by atoms with van der Waals surface area (Å²) in [6.45, 7) is 5.81. The van der Waals surface area contributed by atoms with Crippen LogP contribution in [0.5, 0.6) is 5.75 Å². The second-order valence-corrected chi connectivity index (χ2v) is 12.3. The molecule has 3 nitrogen and oxygen atoms in total. The molecule has 0 aliphatic carbocycles. The smallest absolute Gasteiger partial charge is 0.348 e. The lowest BCUT2D eigenvalue weighted by Gasteiger charge is -2.18. The van der Waals surface area contributed by atoms with Gasteiger partial charge in [-0.3, -0.25) is 4.98 Å². The van der Waals surface area contributed by atoms with Crippen molar-refractivity contribution >= 4 is 5.97 Å². The van der Waals surface area contributed by atoms with E-state index in [4.69, 9.17) is 9.72 Å². The van der Waals surface area contributed by atoms with Gasteiger partial charge in [-0.1, -0.05) is 140 Å². The van der Waals surface area contributed by atoms with Gasteiger partial charge in [-0.05, 0) is 67.5 Å². The number of benzene rings is 2. The Balaban J connectivity index is 1.51. The lowest BCUT2D eigenvalue weighted by molar-refractivity contribution is -0.147. The number of rotatable bonds is 21. The first kappa shape index (κ1) is 34.5. The zero-order valence-corrected chi connectivity index (χ0v) is 27.0. The largest absolute Gasteiger partial charge is 0.424 e. The molecule has 0 aliphatic rings. The molecule has 0 radical (unpaired) electrons. The van der Waals surface area contributed by atoms with Crippen LogP contribution in [0.2, 0.25) is 0 Å². The highest BCUT2D eigenvalue weighted by atomic mass is 19.1. The number of hydrogen-bond donors (Lipinski definition) is 0. The third-order valence-electron chi connectivity index (χ3n) is 8.40. The number of hydrogen-bond acceptors (Lipinski definition) is 3. The molecule has 0 fully saturated rings. The van der Waals surface area contributed by atoms with Crippen molar-refractivity contribution in [3.8, 4) is 28.1 Å². The summed E-state index contributed by atoms with van der Waals surface area (Å²) in [7, 11) is 0. The van der Waals surface area contributed by atoms with Gasteiger partial charge in [-0.25, -0.2) is 9.18 Å². The lowest BCUT2D eigenvalue weighted by Crippen LogP contribution is -2.34. The molecule has 0 aliphatic heterocycles. The van der Waals surface area contributed by atoms with Crippen LogP contribution in [0, 0.1) is 0 Å². The quantitative estimate of drug-likeness (QED) is 0.0707. The maximum Gasteiger partial charge on any atom is 0.348 e. The molecule has 2 aromatic carbocycles. The SMILES string of the molecule is CCCCCCCCCCC(C)(F)C(=O)Oc1ccc(-c2ccccc2-c2ccc(CCCCCCCCC)cn2)cc1. The van der Waals surface area contributed by atoms with E-state index in [2.05, 4.69) is 38.1 Å². The second-order valence-electron chi connectivity index (χ2n) is 12.3. The fraction of sp³-hybridized carbons (Fsp3) is 0.538. The molecule has 1 heterocycles. The topological polar surface area (TPSA) is 39.2 Å². The highest BCUT2D eigenvalue weighted by Crippen LogP contribution is 2.32. The zero-order valence-electron chi connectivity index (χ0n) is 27.0. The Morgan fingerprint density at radius 1 is 0.698 bits per heavy atom. The molecule has 4 heteroatoms. The average Bonchev–Trinajstić information content (AvgIpc) is 3.02. The van der Waals surface area contributed by atoms with Gasteiger partial charge in [0.2, 0.25) is 5.67 Å². The number of carbonyl (C=O) groups excluding carboxylic acids is 1. The summed E-state index contributed by atoms with van der Waals surface area (Å²) in [5, 5.41) is 0. The van der Waals surface area contributed by atoms with Gasteiger partial charge in [-0.15, -0.1) is 0 Å². The molecule has 0 amide bonds. The van der Waals surface area contributed by atoms with E-state index in [9.17, 15) is 4.79 Å². The number of nitrogens with zero attached hydrogens (tertiary/aromatic N) is 1. The first-order valence-corrected chi connectivity index (χ1v) is 17.0. The number of carbonyl (C=O) groups is 1. The molecule has 1 atom stereocenters. The van der Waals surface area contributed by atoms with E-state index < -0.39 is 11.6 Å². The average molecular weight is 588 g/mol. The van der Waals surface area contributed by atoms with Gasteiger partial charge in [0.05, 0.1) is 5.69 Å². The summed E-state index contributed by atoms with van der Waals surface area (Å²) < 4.78 is 20.6. The number of halogens is 1. The summed E-state index contributed by atoms with van der Waals surface area (Å²) in [5.41, 5.74) is 3.33. The molecular weight excluding hydrogens is 533 g/mol. The molecule has 0 saturated carbocycles. The van der Waals surface area contributed by atoms with Crippen molar-refractivity contribution in [2.24, 2.45) is 0 Å². The van der Waals surface area contributed by atoms with E-state index in [1.807, 2.05) is 30.5 Å². The Labute approximate surface area is 260 Å². The van der Waals surface area contributed by atoms with Crippen molar-refractivity contribution in [3.05, 3.63) is 72.4 Å². The van der Waals surface area contributed by atoms with Gasteiger partial charge < -0.3 is 4.74 Å². The van der Waals surface area contributed by atoms with Crippen LogP contribution in [0.25, 0.3) is 22.4 Å². The van der Waals surface area contributed by atoms with Crippen LogP contribution in [0.15, 0.2) is 66.9 Å². The van der Waals surface area contributed by atoms with Crippen molar-refractivity contribution in [2.45, 2.75) is 136 Å². The summed E-state index contributed by atoms with van der Waals surface area (Å²) in [5.74, 6) is -0.455. The molecule has 1 unspecified atom stereocenters. The molecule has 0 spiro atoms. The van der Waals surface area contributed by atoms with Crippen molar-refractivity contribution in [1.29, 1.82) is 0 Å².